The number of hydrogen-bond acceptors (Lipinski definition) is 3. The summed E-state index contributed by atoms with van der Waals surface area (Å²) in [7, 11) is 0. The van der Waals surface area contributed by atoms with Crippen molar-refractivity contribution >= 4 is 12.2 Å². The third-order valence-electron chi connectivity index (χ3n) is 2.29. The zero-order chi connectivity index (χ0) is 9.84. The van der Waals surface area contributed by atoms with Crippen LogP contribution in [0.5, 0.6) is 0 Å². The van der Waals surface area contributed by atoms with Gasteiger partial charge >= 0.3 is 0 Å². The van der Waals surface area contributed by atoms with Gasteiger partial charge in [0, 0.05) is 12.6 Å². The van der Waals surface area contributed by atoms with E-state index in [1.165, 1.54) is 0 Å². The Labute approximate surface area is 77.8 Å². The van der Waals surface area contributed by atoms with Gasteiger partial charge in [0.15, 0.2) is 5.96 Å². The molecule has 0 saturated carbocycles. The maximum absolute atomic E-state index is 10.5. The molecular formula is C8H15N4O. The lowest BCUT2D eigenvalue weighted by Crippen LogP contribution is -2.50. The zero-order valence-corrected chi connectivity index (χ0v) is 7.71. The number of guanidine groups is 1. The molecule has 1 aliphatic rings. The highest BCUT2D eigenvalue weighted by Gasteiger charge is 2.27. The van der Waals surface area contributed by atoms with Gasteiger partial charge in [0.1, 0.15) is 0 Å². The summed E-state index contributed by atoms with van der Waals surface area (Å²) in [4.78, 5) is 12.1. The summed E-state index contributed by atoms with van der Waals surface area (Å²) in [6, 6.07) is -0.267. The smallest absolute Gasteiger partial charge is 0.222 e. The Kier molecular flexibility index (Phi) is 3.25. The van der Waals surface area contributed by atoms with E-state index in [0.717, 1.165) is 19.5 Å². The Morgan fingerprint density at radius 1 is 1.85 bits per heavy atom. The van der Waals surface area contributed by atoms with Crippen molar-refractivity contribution in [1.82, 2.24) is 10.2 Å². The molecule has 0 bridgehead atoms. The molecule has 1 rings (SSSR count). The van der Waals surface area contributed by atoms with Crippen LogP contribution < -0.4 is 11.1 Å². The first kappa shape index (κ1) is 9.98. The molecule has 1 fully saturated rings. The first-order chi connectivity index (χ1) is 6.16. The van der Waals surface area contributed by atoms with Crippen LogP contribution in [0.4, 0.5) is 0 Å². The normalized spacial score (nSPS) is 23.9. The van der Waals surface area contributed by atoms with Crippen LogP contribution in [-0.4, -0.2) is 42.3 Å². The molecule has 5 nitrogen and oxygen atoms in total. The van der Waals surface area contributed by atoms with E-state index in [2.05, 4.69) is 5.32 Å². The third kappa shape index (κ3) is 2.18. The Balaban J connectivity index is 2.65. The fraction of sp³-hybridized carbons (Fsp3) is 0.750. The van der Waals surface area contributed by atoms with Crippen molar-refractivity contribution in [2.45, 2.75) is 25.4 Å². The van der Waals surface area contributed by atoms with Crippen molar-refractivity contribution in [3.8, 4) is 0 Å². The molecule has 1 saturated heterocycles. The number of nitrogens with one attached hydrogen (secondary N) is 2. The minimum absolute atomic E-state index is 0.0513. The average Bonchev–Trinajstić information content (AvgIpc) is 2.56. The summed E-state index contributed by atoms with van der Waals surface area (Å²) in [5.41, 5.74) is 5.40. The van der Waals surface area contributed by atoms with E-state index in [4.69, 9.17) is 11.1 Å². The quantitative estimate of drug-likeness (QED) is 0.389. The van der Waals surface area contributed by atoms with Crippen LogP contribution in [0.15, 0.2) is 0 Å². The molecule has 0 spiro atoms. The minimum Gasteiger partial charge on any atom is -0.370 e. The molecule has 1 unspecified atom stereocenters. The lowest BCUT2D eigenvalue weighted by Gasteiger charge is -2.30. The molecule has 73 valence electrons. The summed E-state index contributed by atoms with van der Waals surface area (Å²) >= 11 is 0. The summed E-state index contributed by atoms with van der Waals surface area (Å²) in [6.45, 7) is 3.40. The topological polar surface area (TPSA) is 82.2 Å². The second-order valence-electron chi connectivity index (χ2n) is 3.23. The van der Waals surface area contributed by atoms with Crippen LogP contribution in [0.25, 0.3) is 0 Å². The van der Waals surface area contributed by atoms with Crippen molar-refractivity contribution in [3.05, 3.63) is 0 Å². The van der Waals surface area contributed by atoms with Gasteiger partial charge in [-0.15, -0.1) is 0 Å². The molecular weight excluding hydrogens is 168 g/mol. The van der Waals surface area contributed by atoms with Crippen molar-refractivity contribution in [3.63, 3.8) is 0 Å². The first-order valence-corrected chi connectivity index (χ1v) is 4.37. The molecule has 0 aliphatic carbocycles. The van der Waals surface area contributed by atoms with Gasteiger partial charge in [-0.05, 0) is 19.9 Å². The van der Waals surface area contributed by atoms with E-state index in [9.17, 15) is 4.79 Å². The van der Waals surface area contributed by atoms with Gasteiger partial charge in [-0.3, -0.25) is 10.2 Å². The average molecular weight is 183 g/mol. The molecule has 13 heavy (non-hydrogen) atoms. The Hall–Kier alpha value is -1.10. The molecule has 0 aromatic rings. The molecule has 1 radical (unpaired) electrons. The van der Waals surface area contributed by atoms with Crippen LogP contribution in [-0.2, 0) is 4.79 Å². The molecule has 1 heterocycles. The molecule has 5 heteroatoms. The van der Waals surface area contributed by atoms with Crippen molar-refractivity contribution in [2.24, 2.45) is 5.73 Å². The number of nitrogens with zero attached hydrogens (tertiary/aromatic N) is 1. The first-order valence-electron chi connectivity index (χ1n) is 4.37. The second-order valence-corrected chi connectivity index (χ2v) is 3.23. The standard InChI is InChI=1S/C8H15N4O/c1-6(5-13)12(8(9)10)7-2-3-11-4-7/h6-7,11H,2-4H2,1H3,(H3,9,10)/t6-,7?/m0/s1. The minimum atomic E-state index is -0.428. The number of hydrogen-bond donors (Lipinski definition) is 3. The van der Waals surface area contributed by atoms with Crippen LogP contribution in [0, 0.1) is 5.41 Å². The van der Waals surface area contributed by atoms with Crippen LogP contribution in [0.1, 0.15) is 13.3 Å². The van der Waals surface area contributed by atoms with Crippen LogP contribution in [0.3, 0.4) is 0 Å². The second kappa shape index (κ2) is 4.23. The van der Waals surface area contributed by atoms with Crippen molar-refractivity contribution in [2.75, 3.05) is 13.1 Å². The van der Waals surface area contributed by atoms with Gasteiger partial charge < -0.3 is 16.0 Å². The maximum Gasteiger partial charge on any atom is 0.222 e. The van der Waals surface area contributed by atoms with Crippen LogP contribution in [0.2, 0.25) is 0 Å². The highest BCUT2D eigenvalue weighted by Crippen LogP contribution is 2.10. The Morgan fingerprint density at radius 3 is 2.92 bits per heavy atom. The van der Waals surface area contributed by atoms with Gasteiger partial charge in [0.05, 0.1) is 6.04 Å². The SMILES string of the molecule is C[C@@H]([C]=O)N(C(=N)N)C1CCNC1. The number of carbonyl (C=O) groups excluding carboxylic acids is 1. The summed E-state index contributed by atoms with van der Waals surface area (Å²) < 4.78 is 0. The molecule has 1 aliphatic heterocycles. The summed E-state index contributed by atoms with van der Waals surface area (Å²) in [6.07, 6.45) is 2.77. The number of rotatable bonds is 3. The van der Waals surface area contributed by atoms with Crippen LogP contribution >= 0.6 is 0 Å². The highest BCUT2D eigenvalue weighted by molar-refractivity contribution is 5.79. The van der Waals surface area contributed by atoms with E-state index >= 15 is 0 Å². The lowest BCUT2D eigenvalue weighted by atomic mass is 10.2. The predicted octanol–water partition coefficient (Wildman–Crippen LogP) is -0.958. The monoisotopic (exact) mass is 183 g/mol. The van der Waals surface area contributed by atoms with Gasteiger partial charge in [-0.1, -0.05) is 0 Å². The zero-order valence-electron chi connectivity index (χ0n) is 7.71. The Bertz CT molecular complexity index is 200. The van der Waals surface area contributed by atoms with Gasteiger partial charge in [-0.2, -0.15) is 0 Å². The predicted molar refractivity (Wildman–Crippen MR) is 50.2 cm³/mol. The highest BCUT2D eigenvalue weighted by atomic mass is 16.1. The Morgan fingerprint density at radius 2 is 2.54 bits per heavy atom. The van der Waals surface area contributed by atoms with Gasteiger partial charge in [-0.25, -0.2) is 0 Å². The van der Waals surface area contributed by atoms with Crippen molar-refractivity contribution in [1.29, 1.82) is 5.41 Å². The van der Waals surface area contributed by atoms with E-state index in [1.807, 2.05) is 6.29 Å². The molecule has 0 aromatic carbocycles. The molecule has 4 N–H and O–H groups in total. The summed E-state index contributed by atoms with van der Waals surface area (Å²) in [5.74, 6) is -0.0513. The van der Waals surface area contributed by atoms with Crippen molar-refractivity contribution < 1.29 is 4.79 Å². The number of nitrogens with two attached hydrogens (primary N) is 1. The fourth-order valence-electron chi connectivity index (χ4n) is 1.66. The van der Waals surface area contributed by atoms with E-state index in [0.29, 0.717) is 0 Å². The fourth-order valence-corrected chi connectivity index (χ4v) is 1.66. The molecule has 0 aromatic heterocycles. The van der Waals surface area contributed by atoms with E-state index < -0.39 is 6.04 Å². The molecule has 2 atom stereocenters. The van der Waals surface area contributed by atoms with E-state index in [1.54, 1.807) is 11.8 Å². The summed E-state index contributed by atoms with van der Waals surface area (Å²) in [5, 5.41) is 10.5. The van der Waals surface area contributed by atoms with E-state index in [-0.39, 0.29) is 12.0 Å². The third-order valence-corrected chi connectivity index (χ3v) is 2.29. The molecule has 0 amide bonds. The lowest BCUT2D eigenvalue weighted by molar-refractivity contribution is 0.296. The van der Waals surface area contributed by atoms with Gasteiger partial charge in [0.25, 0.3) is 0 Å². The van der Waals surface area contributed by atoms with Gasteiger partial charge in [0.2, 0.25) is 6.29 Å². The largest absolute Gasteiger partial charge is 0.370 e. The maximum atomic E-state index is 10.5.